The lowest BCUT2D eigenvalue weighted by atomic mass is 9.85. The molecular formula is C28H28FN5O. The van der Waals surface area contributed by atoms with Crippen LogP contribution in [-0.4, -0.2) is 45.6 Å². The molecule has 35 heavy (non-hydrogen) atoms. The summed E-state index contributed by atoms with van der Waals surface area (Å²) < 4.78 is 24.6. The molecule has 6 nitrogen and oxygen atoms in total. The van der Waals surface area contributed by atoms with Gasteiger partial charge in [-0.05, 0) is 48.9 Å². The molecule has 4 aromatic rings. The molecule has 0 saturated carbocycles. The summed E-state index contributed by atoms with van der Waals surface area (Å²) in [6.07, 6.45) is 10.9. The Hall–Kier alpha value is -3.45. The zero-order chi connectivity index (χ0) is 23.4. The molecule has 3 aliphatic rings. The number of fused-ring (bicyclic) bond motifs is 3. The van der Waals surface area contributed by atoms with Crippen molar-refractivity contribution in [3.05, 3.63) is 78.8 Å². The van der Waals surface area contributed by atoms with Gasteiger partial charge in [-0.15, -0.1) is 0 Å². The first-order valence-corrected chi connectivity index (χ1v) is 12.5. The molecule has 2 aromatic heterocycles. The smallest absolute Gasteiger partial charge is 0.129 e. The highest BCUT2D eigenvalue weighted by molar-refractivity contribution is 5.69. The van der Waals surface area contributed by atoms with Crippen molar-refractivity contribution in [3.63, 3.8) is 0 Å². The van der Waals surface area contributed by atoms with Crippen LogP contribution in [0.2, 0.25) is 0 Å². The van der Waals surface area contributed by atoms with Gasteiger partial charge >= 0.3 is 0 Å². The predicted molar refractivity (Wildman–Crippen MR) is 133 cm³/mol. The largest absolute Gasteiger partial charge is 0.379 e. The molecule has 1 unspecified atom stereocenters. The zero-order valence-electron chi connectivity index (χ0n) is 19.6. The Bertz CT molecular complexity index is 1350. The third kappa shape index (κ3) is 3.48. The molecule has 2 saturated heterocycles. The molecule has 2 aromatic carbocycles. The lowest BCUT2D eigenvalue weighted by Gasteiger charge is -2.37. The van der Waals surface area contributed by atoms with Gasteiger partial charge in [-0.1, -0.05) is 24.3 Å². The zero-order valence-corrected chi connectivity index (χ0v) is 19.6. The number of nitrogens with zero attached hydrogens (tertiary/aromatic N) is 5. The fourth-order valence-electron chi connectivity index (χ4n) is 6.15. The SMILES string of the molecule is Fc1cccc2c1C(C1CCN(c3ccc(-c4cnn([C@@H]5CCOC5)c4)cc3)CC1)n1cncc1-2. The van der Waals surface area contributed by atoms with Gasteiger partial charge in [0.25, 0.3) is 0 Å². The lowest BCUT2D eigenvalue weighted by Crippen LogP contribution is -2.36. The highest BCUT2D eigenvalue weighted by atomic mass is 19.1. The third-order valence-corrected chi connectivity index (χ3v) is 8.02. The van der Waals surface area contributed by atoms with Gasteiger partial charge in [0.15, 0.2) is 0 Å². The summed E-state index contributed by atoms with van der Waals surface area (Å²) >= 11 is 0. The number of halogens is 1. The van der Waals surface area contributed by atoms with Crippen LogP contribution in [0.3, 0.4) is 0 Å². The van der Waals surface area contributed by atoms with Crippen molar-refractivity contribution in [2.24, 2.45) is 5.92 Å². The van der Waals surface area contributed by atoms with Crippen LogP contribution in [0.15, 0.2) is 67.4 Å². The molecule has 3 aliphatic heterocycles. The average molecular weight is 470 g/mol. The number of imidazole rings is 1. The van der Waals surface area contributed by atoms with Crippen molar-refractivity contribution < 1.29 is 9.13 Å². The molecule has 5 heterocycles. The van der Waals surface area contributed by atoms with E-state index in [1.54, 1.807) is 12.1 Å². The van der Waals surface area contributed by atoms with Crippen molar-refractivity contribution >= 4 is 5.69 Å². The minimum absolute atomic E-state index is 0.0371. The summed E-state index contributed by atoms with van der Waals surface area (Å²) in [5.74, 6) is 0.292. The molecule has 0 bridgehead atoms. The van der Waals surface area contributed by atoms with Crippen LogP contribution in [0.5, 0.6) is 0 Å². The Kier molecular flexibility index (Phi) is 4.98. The van der Waals surface area contributed by atoms with Gasteiger partial charge in [0, 0.05) is 48.3 Å². The Morgan fingerprint density at radius 1 is 0.943 bits per heavy atom. The first kappa shape index (κ1) is 20.9. The fourth-order valence-corrected chi connectivity index (χ4v) is 6.15. The monoisotopic (exact) mass is 469 g/mol. The number of rotatable bonds is 4. The maximum atomic E-state index is 14.9. The van der Waals surface area contributed by atoms with Crippen molar-refractivity contribution in [2.75, 3.05) is 31.2 Å². The molecule has 7 heteroatoms. The summed E-state index contributed by atoms with van der Waals surface area (Å²) in [4.78, 5) is 6.80. The van der Waals surface area contributed by atoms with E-state index in [2.05, 4.69) is 50.0 Å². The number of hydrogen-bond donors (Lipinski definition) is 0. The first-order valence-electron chi connectivity index (χ1n) is 12.5. The Balaban J connectivity index is 1.05. The summed E-state index contributed by atoms with van der Waals surface area (Å²) in [7, 11) is 0. The van der Waals surface area contributed by atoms with Crippen LogP contribution >= 0.6 is 0 Å². The number of ether oxygens (including phenoxy) is 1. The van der Waals surface area contributed by atoms with Gasteiger partial charge in [-0.25, -0.2) is 9.37 Å². The molecule has 178 valence electrons. The number of benzene rings is 2. The maximum Gasteiger partial charge on any atom is 0.129 e. The van der Waals surface area contributed by atoms with E-state index in [1.165, 1.54) is 11.3 Å². The minimum Gasteiger partial charge on any atom is -0.379 e. The van der Waals surface area contributed by atoms with Crippen LogP contribution in [0, 0.1) is 11.7 Å². The van der Waals surface area contributed by atoms with Crippen LogP contribution < -0.4 is 4.90 Å². The van der Waals surface area contributed by atoms with Gasteiger partial charge in [-0.2, -0.15) is 5.10 Å². The van der Waals surface area contributed by atoms with E-state index >= 15 is 0 Å². The second-order valence-corrected chi connectivity index (χ2v) is 9.93. The van der Waals surface area contributed by atoms with E-state index in [0.29, 0.717) is 12.0 Å². The highest BCUT2D eigenvalue weighted by Crippen LogP contribution is 2.47. The van der Waals surface area contributed by atoms with Crippen molar-refractivity contribution in [2.45, 2.75) is 31.3 Å². The lowest BCUT2D eigenvalue weighted by molar-refractivity contribution is 0.184. The first-order chi connectivity index (χ1) is 17.3. The number of piperidine rings is 1. The molecular weight excluding hydrogens is 441 g/mol. The van der Waals surface area contributed by atoms with Crippen LogP contribution in [0.25, 0.3) is 22.4 Å². The van der Waals surface area contributed by atoms with Crippen molar-refractivity contribution in [3.8, 4) is 22.4 Å². The van der Waals surface area contributed by atoms with Gasteiger partial charge in [-0.3, -0.25) is 4.68 Å². The second kappa shape index (κ2) is 8.34. The summed E-state index contributed by atoms with van der Waals surface area (Å²) in [5.41, 5.74) is 6.43. The van der Waals surface area contributed by atoms with Gasteiger partial charge in [0.2, 0.25) is 0 Å². The molecule has 0 N–H and O–H groups in total. The summed E-state index contributed by atoms with van der Waals surface area (Å²) in [5, 5.41) is 4.56. The summed E-state index contributed by atoms with van der Waals surface area (Å²) in [6, 6.07) is 14.6. The maximum absolute atomic E-state index is 14.9. The van der Waals surface area contributed by atoms with Crippen LogP contribution in [0.1, 0.15) is 36.9 Å². The standard InChI is InChI=1S/C28H28FN5O/c29-25-3-1-2-24-26-15-30-18-33(26)28(27(24)25)20-8-11-32(12-9-20)22-6-4-19(5-7-22)21-14-31-34(16-21)23-10-13-35-17-23/h1-7,14-16,18,20,23,28H,8-13,17H2/t23-,28?/m1/s1. The fraction of sp³-hybridized carbons (Fsp3) is 0.357. The second-order valence-electron chi connectivity index (χ2n) is 9.93. The van der Waals surface area contributed by atoms with Gasteiger partial charge < -0.3 is 14.2 Å². The van der Waals surface area contributed by atoms with Gasteiger partial charge in [0.05, 0.1) is 43.1 Å². The van der Waals surface area contributed by atoms with E-state index in [9.17, 15) is 4.39 Å². The average Bonchev–Trinajstić information content (AvgIpc) is 3.69. The van der Waals surface area contributed by atoms with Crippen LogP contribution in [0.4, 0.5) is 10.1 Å². The topological polar surface area (TPSA) is 48.1 Å². The molecule has 0 radical (unpaired) electrons. The van der Waals surface area contributed by atoms with E-state index < -0.39 is 0 Å². The predicted octanol–water partition coefficient (Wildman–Crippen LogP) is 5.33. The number of anilines is 1. The molecule has 7 rings (SSSR count). The Morgan fingerprint density at radius 2 is 1.80 bits per heavy atom. The number of aromatic nitrogens is 4. The van der Waals surface area contributed by atoms with Crippen molar-refractivity contribution in [1.29, 1.82) is 0 Å². The van der Waals surface area contributed by atoms with Gasteiger partial charge in [0.1, 0.15) is 5.82 Å². The molecule has 0 spiro atoms. The Labute approximate surface area is 204 Å². The van der Waals surface area contributed by atoms with Crippen LogP contribution in [-0.2, 0) is 4.74 Å². The minimum atomic E-state index is -0.0991. The van der Waals surface area contributed by atoms with Crippen molar-refractivity contribution in [1.82, 2.24) is 19.3 Å². The quantitative estimate of drug-likeness (QED) is 0.405. The van der Waals surface area contributed by atoms with E-state index in [0.717, 1.165) is 68.0 Å². The van der Waals surface area contributed by atoms with E-state index in [1.807, 2.05) is 29.5 Å². The third-order valence-electron chi connectivity index (χ3n) is 8.02. The normalized spacial score (nSPS) is 21.9. The Morgan fingerprint density at radius 3 is 2.60 bits per heavy atom. The molecule has 2 atom stereocenters. The molecule has 0 aliphatic carbocycles. The summed E-state index contributed by atoms with van der Waals surface area (Å²) in [6.45, 7) is 3.50. The molecule has 2 fully saturated rings. The number of hydrogen-bond acceptors (Lipinski definition) is 4. The molecule has 0 amide bonds. The van der Waals surface area contributed by atoms with E-state index in [4.69, 9.17) is 4.74 Å². The highest BCUT2D eigenvalue weighted by Gasteiger charge is 2.38. The van der Waals surface area contributed by atoms with E-state index in [-0.39, 0.29) is 11.9 Å².